The third-order valence-electron chi connectivity index (χ3n) is 1.62. The van der Waals surface area contributed by atoms with Crippen LogP contribution in [0.15, 0.2) is 0 Å². The van der Waals surface area contributed by atoms with Gasteiger partial charge in [0.2, 0.25) is 0 Å². The minimum Gasteiger partial charge on any atom is -0.503 e. The van der Waals surface area contributed by atoms with Crippen LogP contribution >= 0.6 is 34.8 Å². The monoisotopic (exact) mass is 256 g/mol. The van der Waals surface area contributed by atoms with Crippen LogP contribution in [0.1, 0.15) is 0 Å². The molecule has 0 amide bonds. The molecule has 3 nitrogen and oxygen atoms in total. The molecule has 78 valence electrons. The van der Waals surface area contributed by atoms with Crippen LogP contribution < -0.4 is 9.47 Å². The van der Waals surface area contributed by atoms with Crippen molar-refractivity contribution in [3.05, 3.63) is 15.1 Å². The number of hydrogen-bond acceptors (Lipinski definition) is 3. The third-order valence-corrected chi connectivity index (χ3v) is 2.79. The molecule has 0 atom stereocenters. The number of rotatable bonds is 2. The zero-order valence-electron chi connectivity index (χ0n) is 7.40. The first-order chi connectivity index (χ1) is 6.54. The van der Waals surface area contributed by atoms with Crippen molar-refractivity contribution in [3.8, 4) is 17.2 Å². The van der Waals surface area contributed by atoms with Crippen LogP contribution in [0.25, 0.3) is 0 Å². The third kappa shape index (κ3) is 1.67. The second-order valence-corrected chi connectivity index (χ2v) is 3.49. The van der Waals surface area contributed by atoms with Crippen LogP contribution in [0.5, 0.6) is 17.2 Å². The van der Waals surface area contributed by atoms with E-state index in [1.54, 1.807) is 0 Å². The van der Waals surface area contributed by atoms with Crippen LogP contribution in [-0.4, -0.2) is 19.3 Å². The van der Waals surface area contributed by atoms with E-state index in [0.717, 1.165) is 0 Å². The fraction of sp³-hybridized carbons (Fsp3) is 0.250. The predicted octanol–water partition coefficient (Wildman–Crippen LogP) is 3.37. The quantitative estimate of drug-likeness (QED) is 0.826. The maximum Gasteiger partial charge on any atom is 0.182 e. The van der Waals surface area contributed by atoms with Gasteiger partial charge in [0.15, 0.2) is 17.2 Å². The van der Waals surface area contributed by atoms with Crippen LogP contribution in [0.3, 0.4) is 0 Å². The lowest BCUT2D eigenvalue weighted by atomic mass is 10.3. The summed E-state index contributed by atoms with van der Waals surface area (Å²) < 4.78 is 9.70. The molecule has 1 rings (SSSR count). The minimum absolute atomic E-state index is 0.0289. The number of phenolic OH excluding ortho intramolecular Hbond substituents is 1. The topological polar surface area (TPSA) is 38.7 Å². The first-order valence-electron chi connectivity index (χ1n) is 3.52. The molecule has 0 radical (unpaired) electrons. The molecule has 0 saturated heterocycles. The number of benzene rings is 1. The van der Waals surface area contributed by atoms with Gasteiger partial charge in [0, 0.05) is 0 Å². The number of hydrogen-bond donors (Lipinski definition) is 1. The van der Waals surface area contributed by atoms with E-state index in [2.05, 4.69) is 0 Å². The van der Waals surface area contributed by atoms with Crippen LogP contribution in [0.2, 0.25) is 15.1 Å². The van der Waals surface area contributed by atoms with Crippen molar-refractivity contribution in [3.63, 3.8) is 0 Å². The molecule has 1 N–H and O–H groups in total. The SMILES string of the molecule is COc1c(O)c(Cl)c(OC)c(Cl)c1Cl. The summed E-state index contributed by atoms with van der Waals surface area (Å²) in [4.78, 5) is 0. The normalized spacial score (nSPS) is 10.1. The summed E-state index contributed by atoms with van der Waals surface area (Å²) in [5, 5.41) is 9.67. The standard InChI is InChI=1S/C8H7Cl3O3/c1-13-7-3(9)4(10)8(14-2)6(12)5(7)11/h12H,1-2H3. The fourth-order valence-corrected chi connectivity index (χ4v) is 1.79. The Balaban J connectivity index is 3.55. The summed E-state index contributed by atoms with van der Waals surface area (Å²) in [6.07, 6.45) is 0. The van der Waals surface area contributed by atoms with Gasteiger partial charge >= 0.3 is 0 Å². The number of phenols is 1. The Morgan fingerprint density at radius 2 is 1.29 bits per heavy atom. The number of halogens is 3. The van der Waals surface area contributed by atoms with Gasteiger partial charge in [-0.05, 0) is 0 Å². The second kappa shape index (κ2) is 4.34. The van der Waals surface area contributed by atoms with Crippen LogP contribution in [-0.2, 0) is 0 Å². The molecule has 0 unspecified atom stereocenters. The molecule has 0 heterocycles. The molecule has 6 heteroatoms. The molecule has 1 aromatic rings. The summed E-state index contributed by atoms with van der Waals surface area (Å²) in [6, 6.07) is 0. The maximum atomic E-state index is 9.53. The van der Waals surface area contributed by atoms with Gasteiger partial charge in [0.05, 0.1) is 14.2 Å². The Hall–Kier alpha value is -0.510. The highest BCUT2D eigenvalue weighted by molar-refractivity contribution is 6.46. The highest BCUT2D eigenvalue weighted by atomic mass is 35.5. The molecule has 0 spiro atoms. The zero-order valence-corrected chi connectivity index (χ0v) is 9.67. The molecular weight excluding hydrogens is 250 g/mol. The lowest BCUT2D eigenvalue weighted by Crippen LogP contribution is -1.91. The van der Waals surface area contributed by atoms with E-state index in [0.29, 0.717) is 0 Å². The summed E-state index contributed by atoms with van der Waals surface area (Å²) >= 11 is 17.4. The summed E-state index contributed by atoms with van der Waals surface area (Å²) in [7, 11) is 2.72. The highest BCUT2D eigenvalue weighted by Gasteiger charge is 2.22. The first-order valence-corrected chi connectivity index (χ1v) is 4.65. The van der Waals surface area contributed by atoms with E-state index >= 15 is 0 Å². The van der Waals surface area contributed by atoms with E-state index in [9.17, 15) is 5.11 Å². The highest BCUT2D eigenvalue weighted by Crippen LogP contribution is 2.50. The van der Waals surface area contributed by atoms with E-state index in [4.69, 9.17) is 44.3 Å². The Bertz CT molecular complexity index is 301. The predicted molar refractivity (Wildman–Crippen MR) is 56.2 cm³/mol. The Morgan fingerprint density at radius 3 is 1.71 bits per heavy atom. The number of methoxy groups -OCH3 is 2. The van der Waals surface area contributed by atoms with Gasteiger partial charge in [-0.1, -0.05) is 34.8 Å². The van der Waals surface area contributed by atoms with E-state index in [-0.39, 0.29) is 32.3 Å². The number of aromatic hydroxyl groups is 1. The van der Waals surface area contributed by atoms with Crippen molar-refractivity contribution >= 4 is 34.8 Å². The first kappa shape index (κ1) is 11.6. The smallest absolute Gasteiger partial charge is 0.182 e. The molecule has 0 bridgehead atoms. The summed E-state index contributed by atoms with van der Waals surface area (Å²) in [5.74, 6) is -0.139. The average Bonchev–Trinajstić information content (AvgIpc) is 2.17. The fourth-order valence-electron chi connectivity index (χ4n) is 0.972. The molecule has 0 aliphatic heterocycles. The van der Waals surface area contributed by atoms with Gasteiger partial charge in [-0.3, -0.25) is 0 Å². The van der Waals surface area contributed by atoms with Crippen molar-refractivity contribution in [2.45, 2.75) is 0 Å². The van der Waals surface area contributed by atoms with Crippen molar-refractivity contribution < 1.29 is 14.6 Å². The molecular formula is C8H7Cl3O3. The second-order valence-electron chi connectivity index (χ2n) is 2.36. The van der Waals surface area contributed by atoms with Crippen molar-refractivity contribution in [1.29, 1.82) is 0 Å². The van der Waals surface area contributed by atoms with Gasteiger partial charge in [0.25, 0.3) is 0 Å². The van der Waals surface area contributed by atoms with Gasteiger partial charge in [0.1, 0.15) is 15.1 Å². The average molecular weight is 258 g/mol. The Labute approximate surface area is 96.1 Å². The minimum atomic E-state index is -0.291. The molecule has 1 aromatic carbocycles. The summed E-state index contributed by atoms with van der Waals surface area (Å²) in [6.45, 7) is 0. The van der Waals surface area contributed by atoms with Crippen LogP contribution in [0, 0.1) is 0 Å². The lowest BCUT2D eigenvalue weighted by molar-refractivity contribution is 0.366. The molecule has 0 fully saturated rings. The van der Waals surface area contributed by atoms with Gasteiger partial charge in [-0.25, -0.2) is 0 Å². The number of ether oxygens (including phenoxy) is 2. The Kier molecular flexibility index (Phi) is 3.59. The van der Waals surface area contributed by atoms with Gasteiger partial charge in [-0.15, -0.1) is 0 Å². The van der Waals surface area contributed by atoms with Crippen molar-refractivity contribution in [2.75, 3.05) is 14.2 Å². The molecule has 14 heavy (non-hydrogen) atoms. The van der Waals surface area contributed by atoms with Gasteiger partial charge < -0.3 is 14.6 Å². The van der Waals surface area contributed by atoms with Crippen molar-refractivity contribution in [2.24, 2.45) is 0 Å². The van der Waals surface area contributed by atoms with Crippen molar-refractivity contribution in [1.82, 2.24) is 0 Å². The molecule has 0 aliphatic rings. The molecule has 0 aliphatic carbocycles. The zero-order chi connectivity index (χ0) is 10.9. The maximum absolute atomic E-state index is 9.53. The summed E-state index contributed by atoms with van der Waals surface area (Å²) in [5.41, 5.74) is 0. The van der Waals surface area contributed by atoms with E-state index in [1.165, 1.54) is 14.2 Å². The van der Waals surface area contributed by atoms with Crippen LogP contribution in [0.4, 0.5) is 0 Å². The van der Waals surface area contributed by atoms with E-state index < -0.39 is 0 Å². The molecule has 0 aromatic heterocycles. The Morgan fingerprint density at radius 1 is 0.857 bits per heavy atom. The lowest BCUT2D eigenvalue weighted by Gasteiger charge is -2.12. The molecule has 0 saturated carbocycles. The van der Waals surface area contributed by atoms with Gasteiger partial charge in [-0.2, -0.15) is 0 Å². The largest absolute Gasteiger partial charge is 0.503 e. The van der Waals surface area contributed by atoms with E-state index in [1.807, 2.05) is 0 Å².